The molecule has 0 bridgehead atoms. The lowest BCUT2D eigenvalue weighted by molar-refractivity contribution is 0.340. The maximum Gasteiger partial charge on any atom is 0.213 e. The Kier molecular flexibility index (Phi) is 5.19. The molecule has 3 rings (SSSR count). The maximum atomic E-state index is 6.37. The Morgan fingerprint density at radius 1 is 1.09 bits per heavy atom. The van der Waals surface area contributed by atoms with Crippen LogP contribution in [-0.4, -0.2) is 18.7 Å². The van der Waals surface area contributed by atoms with Gasteiger partial charge in [0.2, 0.25) is 5.88 Å². The molecule has 23 heavy (non-hydrogen) atoms. The molecule has 1 aliphatic carbocycles. The molecule has 0 atom stereocenters. The third kappa shape index (κ3) is 3.85. The van der Waals surface area contributed by atoms with Crippen LogP contribution in [0, 0.1) is 0 Å². The minimum atomic E-state index is 0.578. The van der Waals surface area contributed by atoms with Crippen molar-refractivity contribution < 1.29 is 9.47 Å². The molecule has 0 spiro atoms. The van der Waals surface area contributed by atoms with Crippen molar-refractivity contribution in [1.82, 2.24) is 4.98 Å². The lowest BCUT2D eigenvalue weighted by Gasteiger charge is -2.22. The zero-order valence-electron chi connectivity index (χ0n) is 13.2. The van der Waals surface area contributed by atoms with Crippen molar-refractivity contribution in [3.05, 3.63) is 58.8 Å². The van der Waals surface area contributed by atoms with E-state index in [-0.39, 0.29) is 0 Å². The zero-order chi connectivity index (χ0) is 16.1. The molecule has 0 radical (unpaired) electrons. The van der Waals surface area contributed by atoms with E-state index in [9.17, 15) is 0 Å². The fourth-order valence-electron chi connectivity index (χ4n) is 2.90. The van der Waals surface area contributed by atoms with Gasteiger partial charge in [0, 0.05) is 11.1 Å². The van der Waals surface area contributed by atoms with Crippen LogP contribution in [0.2, 0.25) is 5.02 Å². The second-order valence-corrected chi connectivity index (χ2v) is 6.00. The van der Waals surface area contributed by atoms with Gasteiger partial charge in [-0.15, -0.1) is 0 Å². The largest absolute Gasteiger partial charge is 0.488 e. The molecular weight excluding hydrogens is 310 g/mol. The molecule has 0 N–H and O–H groups in total. The second-order valence-electron chi connectivity index (χ2n) is 5.59. The van der Waals surface area contributed by atoms with Gasteiger partial charge < -0.3 is 9.47 Å². The van der Waals surface area contributed by atoms with Gasteiger partial charge in [0.05, 0.1) is 13.3 Å². The number of nitrogens with zero attached hydrogens (tertiary/aromatic N) is 1. The summed E-state index contributed by atoms with van der Waals surface area (Å²) >= 11 is 6.37. The van der Waals surface area contributed by atoms with Gasteiger partial charge in [-0.3, -0.25) is 0 Å². The van der Waals surface area contributed by atoms with E-state index in [1.54, 1.807) is 19.4 Å². The second kappa shape index (κ2) is 7.51. The monoisotopic (exact) mass is 329 g/mol. The summed E-state index contributed by atoms with van der Waals surface area (Å²) in [6.45, 7) is 0.578. The molecule has 0 saturated carbocycles. The molecule has 0 amide bonds. The highest BCUT2D eigenvalue weighted by molar-refractivity contribution is 6.32. The smallest absolute Gasteiger partial charge is 0.213 e. The predicted molar refractivity (Wildman–Crippen MR) is 93.1 cm³/mol. The summed E-state index contributed by atoms with van der Waals surface area (Å²) in [7, 11) is 1.60. The molecule has 0 aliphatic heterocycles. The lowest BCUT2D eigenvalue weighted by atomic mass is 9.87. The molecule has 1 aliphatic rings. The Hall–Kier alpha value is -2.00. The number of benzene rings is 1. The van der Waals surface area contributed by atoms with E-state index >= 15 is 0 Å². The van der Waals surface area contributed by atoms with Crippen LogP contribution in [0.4, 0.5) is 0 Å². The normalized spacial score (nSPS) is 14.7. The van der Waals surface area contributed by atoms with Crippen molar-refractivity contribution in [3.63, 3.8) is 0 Å². The van der Waals surface area contributed by atoms with Crippen LogP contribution in [0.1, 0.15) is 31.2 Å². The zero-order valence-corrected chi connectivity index (χ0v) is 14.0. The van der Waals surface area contributed by atoms with Gasteiger partial charge in [-0.1, -0.05) is 29.8 Å². The van der Waals surface area contributed by atoms with E-state index in [4.69, 9.17) is 21.1 Å². The fraction of sp³-hybridized carbons (Fsp3) is 0.316. The Morgan fingerprint density at radius 3 is 2.65 bits per heavy atom. The van der Waals surface area contributed by atoms with Gasteiger partial charge >= 0.3 is 0 Å². The van der Waals surface area contributed by atoms with Crippen LogP contribution in [0.3, 0.4) is 0 Å². The van der Waals surface area contributed by atoms with Gasteiger partial charge in [-0.25, -0.2) is 4.98 Å². The molecule has 0 unspecified atom stereocenters. The molecule has 0 saturated heterocycles. The topological polar surface area (TPSA) is 31.4 Å². The molecule has 120 valence electrons. The van der Waals surface area contributed by atoms with Crippen molar-refractivity contribution in [2.24, 2.45) is 0 Å². The molecule has 4 heteroatoms. The van der Waals surface area contributed by atoms with Crippen LogP contribution in [0.5, 0.6) is 11.6 Å². The van der Waals surface area contributed by atoms with Crippen LogP contribution in [0.15, 0.2) is 48.2 Å². The van der Waals surface area contributed by atoms with Crippen molar-refractivity contribution >= 4 is 17.2 Å². The fourth-order valence-corrected chi connectivity index (χ4v) is 3.15. The molecule has 0 fully saturated rings. The van der Waals surface area contributed by atoms with Crippen molar-refractivity contribution in [2.75, 3.05) is 13.7 Å². The van der Waals surface area contributed by atoms with E-state index in [0.29, 0.717) is 12.5 Å². The van der Waals surface area contributed by atoms with E-state index in [0.717, 1.165) is 29.2 Å². The quantitative estimate of drug-likeness (QED) is 0.760. The summed E-state index contributed by atoms with van der Waals surface area (Å²) in [5.41, 5.74) is 3.81. The number of pyridine rings is 1. The van der Waals surface area contributed by atoms with Crippen LogP contribution in [0.25, 0.3) is 5.57 Å². The van der Waals surface area contributed by atoms with E-state index in [2.05, 4.69) is 11.1 Å². The average molecular weight is 330 g/mol. The Morgan fingerprint density at radius 2 is 1.91 bits per heavy atom. The summed E-state index contributed by atoms with van der Waals surface area (Å²) < 4.78 is 11.0. The third-order valence-corrected chi connectivity index (χ3v) is 4.44. The summed E-state index contributed by atoms with van der Waals surface area (Å²) in [5.74, 6) is 1.34. The van der Waals surface area contributed by atoms with E-state index < -0.39 is 0 Å². The van der Waals surface area contributed by atoms with Gasteiger partial charge in [-0.05, 0) is 54.5 Å². The molecule has 1 aromatic heterocycles. The van der Waals surface area contributed by atoms with Crippen molar-refractivity contribution in [1.29, 1.82) is 0 Å². The molecular formula is C19H20ClNO2. The molecule has 3 nitrogen and oxygen atoms in total. The van der Waals surface area contributed by atoms with Crippen LogP contribution in [-0.2, 0) is 0 Å². The standard InChI is InChI=1S/C19H20ClNO2/c1-22-19-11-10-15(12-21-19)23-13-14-6-2-3-7-16(14)17-8-4-5-9-18(17)20/h4-5,8-12H,2-3,6-7,13H2,1H3. The number of ether oxygens (including phenoxy) is 2. The van der Waals surface area contributed by atoms with E-state index in [1.807, 2.05) is 24.3 Å². The van der Waals surface area contributed by atoms with Crippen LogP contribution >= 0.6 is 11.6 Å². The third-order valence-electron chi connectivity index (χ3n) is 4.11. The lowest BCUT2D eigenvalue weighted by Crippen LogP contribution is -2.08. The Bertz CT molecular complexity index is 695. The number of hydrogen-bond acceptors (Lipinski definition) is 3. The first-order chi connectivity index (χ1) is 11.3. The highest BCUT2D eigenvalue weighted by Crippen LogP contribution is 2.35. The van der Waals surface area contributed by atoms with E-state index in [1.165, 1.54) is 24.0 Å². The Balaban J connectivity index is 1.79. The Labute approximate surface area is 141 Å². The number of methoxy groups -OCH3 is 1. The number of hydrogen-bond donors (Lipinski definition) is 0. The SMILES string of the molecule is COc1ccc(OCC2=C(c3ccccc3Cl)CCCC2)cn1. The van der Waals surface area contributed by atoms with Crippen LogP contribution < -0.4 is 9.47 Å². The molecule has 1 aromatic carbocycles. The van der Waals surface area contributed by atoms with Gasteiger partial charge in [-0.2, -0.15) is 0 Å². The van der Waals surface area contributed by atoms with Crippen molar-refractivity contribution in [2.45, 2.75) is 25.7 Å². The summed E-state index contributed by atoms with van der Waals surface area (Å²) in [5, 5.41) is 0.813. The first kappa shape index (κ1) is 15.9. The predicted octanol–water partition coefficient (Wildman–Crippen LogP) is 5.15. The summed E-state index contributed by atoms with van der Waals surface area (Å²) in [6, 6.07) is 11.7. The summed E-state index contributed by atoms with van der Waals surface area (Å²) in [6.07, 6.45) is 6.21. The minimum absolute atomic E-state index is 0.578. The highest BCUT2D eigenvalue weighted by Gasteiger charge is 2.16. The number of halogens is 1. The number of allylic oxidation sites excluding steroid dienone is 1. The van der Waals surface area contributed by atoms with Gasteiger partial charge in [0.1, 0.15) is 12.4 Å². The van der Waals surface area contributed by atoms with Gasteiger partial charge in [0.15, 0.2) is 0 Å². The number of aromatic nitrogens is 1. The summed E-state index contributed by atoms with van der Waals surface area (Å²) in [4.78, 5) is 4.17. The van der Waals surface area contributed by atoms with Gasteiger partial charge in [0.25, 0.3) is 0 Å². The highest BCUT2D eigenvalue weighted by atomic mass is 35.5. The van der Waals surface area contributed by atoms with Crippen molar-refractivity contribution in [3.8, 4) is 11.6 Å². The maximum absolute atomic E-state index is 6.37. The average Bonchev–Trinajstić information content (AvgIpc) is 2.61. The first-order valence-corrected chi connectivity index (χ1v) is 8.24. The first-order valence-electron chi connectivity index (χ1n) is 7.86. The number of rotatable bonds is 5. The molecule has 1 heterocycles. The molecule has 2 aromatic rings. The minimum Gasteiger partial charge on any atom is -0.488 e.